The van der Waals surface area contributed by atoms with Gasteiger partial charge in [0, 0.05) is 38.5 Å². The second kappa shape index (κ2) is 10.1. The number of likely N-dealkylation sites (N-methyl/N-ethyl adjacent to an activating group) is 1. The van der Waals surface area contributed by atoms with Crippen molar-refractivity contribution in [1.29, 1.82) is 0 Å². The molecule has 1 aliphatic rings. The topological polar surface area (TPSA) is 122 Å². The zero-order valence-corrected chi connectivity index (χ0v) is 18.5. The highest BCUT2D eigenvalue weighted by Gasteiger charge is 2.27. The van der Waals surface area contributed by atoms with Crippen molar-refractivity contribution in [3.8, 4) is 0 Å². The monoisotopic (exact) mass is 447 g/mol. The van der Waals surface area contributed by atoms with Gasteiger partial charge in [0.15, 0.2) is 5.69 Å². The number of hydrogen-bond acceptors (Lipinski definition) is 8. The molecule has 0 aliphatic heterocycles. The van der Waals surface area contributed by atoms with Crippen molar-refractivity contribution in [1.82, 2.24) is 24.8 Å². The lowest BCUT2D eigenvalue weighted by atomic mass is 10.1. The van der Waals surface area contributed by atoms with Crippen LogP contribution in [0.3, 0.4) is 0 Å². The van der Waals surface area contributed by atoms with E-state index in [4.69, 9.17) is 4.74 Å². The summed E-state index contributed by atoms with van der Waals surface area (Å²) in [4.78, 5) is 44.4. The molecular weight excluding hydrogens is 422 g/mol. The molecule has 0 saturated heterocycles. The fraction of sp³-hybridized carbons (Fsp3) is 0.304. The van der Waals surface area contributed by atoms with Crippen LogP contribution in [0.1, 0.15) is 45.3 Å². The fourth-order valence-corrected chi connectivity index (χ4v) is 3.27. The van der Waals surface area contributed by atoms with Crippen molar-refractivity contribution in [3.63, 3.8) is 0 Å². The van der Waals surface area contributed by atoms with E-state index in [2.05, 4.69) is 30.6 Å². The maximum absolute atomic E-state index is 13.3. The Kier molecular flexibility index (Phi) is 6.84. The van der Waals surface area contributed by atoms with Crippen LogP contribution >= 0.6 is 0 Å². The molecular formula is C23H25N7O3. The molecule has 3 aromatic rings. The van der Waals surface area contributed by atoms with Crippen LogP contribution in [-0.2, 0) is 4.74 Å². The van der Waals surface area contributed by atoms with Gasteiger partial charge in [-0.1, -0.05) is 0 Å². The molecule has 3 heterocycles. The molecule has 0 radical (unpaired) electrons. The van der Waals surface area contributed by atoms with Crippen LogP contribution in [-0.4, -0.2) is 64.0 Å². The maximum atomic E-state index is 13.3. The molecule has 4 rings (SSSR count). The fourth-order valence-electron chi connectivity index (χ4n) is 3.27. The predicted molar refractivity (Wildman–Crippen MR) is 123 cm³/mol. The molecule has 1 saturated carbocycles. The summed E-state index contributed by atoms with van der Waals surface area (Å²) >= 11 is 0. The van der Waals surface area contributed by atoms with Crippen molar-refractivity contribution in [2.45, 2.75) is 18.8 Å². The quantitative estimate of drug-likeness (QED) is 0.513. The number of pyridine rings is 2. The number of methoxy groups -OCH3 is 1. The number of ether oxygens (including phenoxy) is 1. The van der Waals surface area contributed by atoms with Gasteiger partial charge < -0.3 is 20.3 Å². The van der Waals surface area contributed by atoms with Crippen LogP contribution in [0, 0.1) is 0 Å². The third kappa shape index (κ3) is 5.47. The number of carbonyl (C=O) groups is 2. The Morgan fingerprint density at radius 2 is 1.88 bits per heavy atom. The van der Waals surface area contributed by atoms with Gasteiger partial charge >= 0.3 is 0 Å². The first kappa shape index (κ1) is 22.3. The Labute approximate surface area is 191 Å². The van der Waals surface area contributed by atoms with Gasteiger partial charge in [-0.05, 0) is 31.0 Å². The Hall–Kier alpha value is -3.92. The standard InChI is InChI=1S/C23H25N7O3/c1-30(9-10-33-2)23(32)17-7-8-24-13-20(17)29-22(31)21-19(27-16-11-25-14-26-12-16)6-5-18(28-21)15-3-4-15/h5-8,11-15,27H,3-4,9-10H2,1-2H3,(H,29,31). The summed E-state index contributed by atoms with van der Waals surface area (Å²) in [5.74, 6) is -0.321. The zero-order valence-electron chi connectivity index (χ0n) is 18.5. The lowest BCUT2D eigenvalue weighted by molar-refractivity contribution is 0.0745. The first-order chi connectivity index (χ1) is 16.1. The Balaban J connectivity index is 1.61. The van der Waals surface area contributed by atoms with Crippen LogP contribution in [0.5, 0.6) is 0 Å². The number of nitrogens with zero attached hydrogens (tertiary/aromatic N) is 5. The minimum atomic E-state index is -0.446. The normalized spacial score (nSPS) is 12.8. The molecule has 10 heteroatoms. The second-order valence-corrected chi connectivity index (χ2v) is 7.75. The molecule has 0 aromatic carbocycles. The van der Waals surface area contributed by atoms with Gasteiger partial charge in [0.2, 0.25) is 0 Å². The van der Waals surface area contributed by atoms with Crippen LogP contribution in [0.15, 0.2) is 49.3 Å². The van der Waals surface area contributed by atoms with Crippen molar-refractivity contribution < 1.29 is 14.3 Å². The highest BCUT2D eigenvalue weighted by Crippen LogP contribution is 2.39. The molecule has 33 heavy (non-hydrogen) atoms. The molecule has 10 nitrogen and oxygen atoms in total. The van der Waals surface area contributed by atoms with Gasteiger partial charge in [-0.2, -0.15) is 0 Å². The van der Waals surface area contributed by atoms with Gasteiger partial charge in [-0.3, -0.25) is 14.6 Å². The summed E-state index contributed by atoms with van der Waals surface area (Å²) in [7, 11) is 3.25. The van der Waals surface area contributed by atoms with Crippen molar-refractivity contribution >= 4 is 28.9 Å². The SMILES string of the molecule is COCCN(C)C(=O)c1ccncc1NC(=O)c1nc(C2CC2)ccc1Nc1cncnc1. The summed E-state index contributed by atoms with van der Waals surface area (Å²) in [6.45, 7) is 0.828. The predicted octanol–water partition coefficient (Wildman–Crippen LogP) is 2.86. The number of hydrogen-bond donors (Lipinski definition) is 2. The van der Waals surface area contributed by atoms with E-state index < -0.39 is 5.91 Å². The number of anilines is 3. The van der Waals surface area contributed by atoms with E-state index in [0.29, 0.717) is 41.7 Å². The van der Waals surface area contributed by atoms with E-state index in [9.17, 15) is 9.59 Å². The van der Waals surface area contributed by atoms with Crippen LogP contribution < -0.4 is 10.6 Å². The Morgan fingerprint density at radius 3 is 2.61 bits per heavy atom. The van der Waals surface area contributed by atoms with Gasteiger partial charge in [0.25, 0.3) is 11.8 Å². The summed E-state index contributed by atoms with van der Waals surface area (Å²) < 4.78 is 5.05. The minimum absolute atomic E-state index is 0.221. The van der Waals surface area contributed by atoms with E-state index >= 15 is 0 Å². The smallest absolute Gasteiger partial charge is 0.276 e. The molecule has 2 N–H and O–H groups in total. The Morgan fingerprint density at radius 1 is 1.09 bits per heavy atom. The maximum Gasteiger partial charge on any atom is 0.276 e. The molecule has 1 aliphatic carbocycles. The first-order valence-corrected chi connectivity index (χ1v) is 10.6. The number of aromatic nitrogens is 4. The van der Waals surface area contributed by atoms with E-state index in [0.717, 1.165) is 18.5 Å². The summed E-state index contributed by atoms with van der Waals surface area (Å²) in [5, 5.41) is 5.97. The highest BCUT2D eigenvalue weighted by atomic mass is 16.5. The van der Waals surface area contributed by atoms with E-state index in [1.165, 1.54) is 23.6 Å². The average molecular weight is 447 g/mol. The zero-order chi connectivity index (χ0) is 23.2. The summed E-state index contributed by atoms with van der Waals surface area (Å²) in [6, 6.07) is 5.33. The molecule has 0 bridgehead atoms. The number of carbonyl (C=O) groups excluding carboxylic acids is 2. The molecule has 3 aromatic heterocycles. The largest absolute Gasteiger partial charge is 0.383 e. The van der Waals surface area contributed by atoms with E-state index in [1.807, 2.05) is 12.1 Å². The summed E-state index contributed by atoms with van der Waals surface area (Å²) in [6.07, 6.45) is 9.73. The molecule has 0 unspecified atom stereocenters. The lowest BCUT2D eigenvalue weighted by Crippen LogP contribution is -2.31. The van der Waals surface area contributed by atoms with Gasteiger partial charge in [-0.25, -0.2) is 15.0 Å². The van der Waals surface area contributed by atoms with Crippen molar-refractivity contribution in [2.24, 2.45) is 0 Å². The molecule has 0 atom stereocenters. The molecule has 2 amide bonds. The van der Waals surface area contributed by atoms with Gasteiger partial charge in [0.05, 0.1) is 47.8 Å². The molecule has 1 fully saturated rings. The summed E-state index contributed by atoms with van der Waals surface area (Å²) in [5.41, 5.74) is 2.88. The van der Waals surface area contributed by atoms with Crippen LogP contribution in [0.2, 0.25) is 0 Å². The lowest BCUT2D eigenvalue weighted by Gasteiger charge is -2.19. The Bertz CT molecular complexity index is 1140. The number of nitrogens with one attached hydrogen (secondary N) is 2. The van der Waals surface area contributed by atoms with Crippen molar-refractivity contribution in [2.75, 3.05) is 37.9 Å². The van der Waals surface area contributed by atoms with Crippen LogP contribution in [0.4, 0.5) is 17.1 Å². The second-order valence-electron chi connectivity index (χ2n) is 7.75. The average Bonchev–Trinajstić information content (AvgIpc) is 3.69. The minimum Gasteiger partial charge on any atom is -0.383 e. The number of rotatable bonds is 9. The molecule has 0 spiro atoms. The van der Waals surface area contributed by atoms with E-state index in [1.54, 1.807) is 32.6 Å². The third-order valence-electron chi connectivity index (χ3n) is 5.24. The van der Waals surface area contributed by atoms with Crippen LogP contribution in [0.25, 0.3) is 0 Å². The van der Waals surface area contributed by atoms with E-state index in [-0.39, 0.29) is 11.6 Å². The number of amides is 2. The highest BCUT2D eigenvalue weighted by molar-refractivity contribution is 6.10. The van der Waals surface area contributed by atoms with Gasteiger partial charge in [-0.15, -0.1) is 0 Å². The molecule has 170 valence electrons. The third-order valence-corrected chi connectivity index (χ3v) is 5.24. The van der Waals surface area contributed by atoms with Gasteiger partial charge in [0.1, 0.15) is 6.33 Å². The first-order valence-electron chi connectivity index (χ1n) is 10.6. The van der Waals surface area contributed by atoms with Crippen molar-refractivity contribution in [3.05, 3.63) is 66.3 Å².